The number of alkyl carbamates (subject to hydrolysis) is 1. The highest BCUT2D eigenvalue weighted by Gasteiger charge is 2.36. The highest BCUT2D eigenvalue weighted by molar-refractivity contribution is 7.91. The minimum Gasteiger partial charge on any atom is -0.445 e. The molecule has 2 aliphatic heterocycles. The van der Waals surface area contributed by atoms with Gasteiger partial charge in [-0.1, -0.05) is 41.9 Å². The Morgan fingerprint density at radius 1 is 0.976 bits per heavy atom. The van der Waals surface area contributed by atoms with Gasteiger partial charge in [0.25, 0.3) is 10.0 Å². The summed E-state index contributed by atoms with van der Waals surface area (Å²) in [7, 11) is -3.94. The molecule has 0 aliphatic carbocycles. The molecule has 2 atom stereocenters. The predicted molar refractivity (Wildman–Crippen MR) is 162 cm³/mol. The molecule has 224 valence electrons. The summed E-state index contributed by atoms with van der Waals surface area (Å²) in [6.07, 6.45) is 1.86. The number of amides is 3. The molecule has 3 aromatic rings. The molecule has 4 heterocycles. The zero-order valence-electron chi connectivity index (χ0n) is 22.7. The average Bonchev–Trinajstić information content (AvgIpc) is 3.74. The number of carbonyl (C=O) groups excluding carboxylic acids is 3. The number of nitrogens with one attached hydrogen (secondary N) is 2. The van der Waals surface area contributed by atoms with E-state index in [1.54, 1.807) is 17.0 Å². The van der Waals surface area contributed by atoms with Crippen LogP contribution in [0.2, 0.25) is 4.34 Å². The molecule has 2 aliphatic rings. The van der Waals surface area contributed by atoms with Crippen LogP contribution >= 0.6 is 34.3 Å². The van der Waals surface area contributed by atoms with Crippen LogP contribution in [0.1, 0.15) is 31.2 Å². The summed E-state index contributed by atoms with van der Waals surface area (Å²) in [6, 6.07) is 15.0. The number of carbonyl (C=O) groups is 3. The molecule has 0 saturated carbocycles. The fourth-order valence-corrected chi connectivity index (χ4v) is 8.78. The van der Waals surface area contributed by atoms with Gasteiger partial charge in [0.05, 0.1) is 10.9 Å². The van der Waals surface area contributed by atoms with Gasteiger partial charge in [-0.2, -0.15) is 4.72 Å². The molecule has 0 unspecified atom stereocenters. The van der Waals surface area contributed by atoms with Crippen LogP contribution < -0.4 is 10.0 Å². The molecule has 5 rings (SSSR count). The third kappa shape index (κ3) is 7.51. The van der Waals surface area contributed by atoms with E-state index >= 15 is 0 Å². The number of benzene rings is 1. The lowest BCUT2D eigenvalue weighted by molar-refractivity contribution is -0.143. The lowest BCUT2D eigenvalue weighted by Gasteiger charge is -2.34. The van der Waals surface area contributed by atoms with E-state index in [9.17, 15) is 22.8 Å². The number of thiophene rings is 2. The average molecular weight is 651 g/mol. The van der Waals surface area contributed by atoms with Crippen LogP contribution in [0.5, 0.6) is 0 Å². The second-order valence-corrected chi connectivity index (χ2v) is 14.9. The monoisotopic (exact) mass is 650 g/mol. The van der Waals surface area contributed by atoms with Crippen molar-refractivity contribution in [2.24, 2.45) is 0 Å². The highest BCUT2D eigenvalue weighted by Crippen LogP contribution is 2.37. The molecule has 2 N–H and O–H groups in total. The zero-order chi connectivity index (χ0) is 29.7. The number of rotatable bonds is 10. The topological polar surface area (TPSA) is 125 Å². The molecule has 0 bridgehead atoms. The number of halogens is 1. The first kappa shape index (κ1) is 30.5. The summed E-state index contributed by atoms with van der Waals surface area (Å²) in [6.45, 7) is 1.15. The Kier molecular flexibility index (Phi) is 9.84. The molecule has 2 saturated heterocycles. The van der Waals surface area contributed by atoms with Crippen LogP contribution in [0.25, 0.3) is 9.75 Å². The van der Waals surface area contributed by atoms with Crippen molar-refractivity contribution in [2.45, 2.75) is 48.6 Å². The molecule has 3 amide bonds. The van der Waals surface area contributed by atoms with Gasteiger partial charge in [-0.25, -0.2) is 13.2 Å². The fraction of sp³-hybridized carbons (Fsp3) is 0.393. The van der Waals surface area contributed by atoms with E-state index in [1.807, 2.05) is 36.4 Å². The summed E-state index contributed by atoms with van der Waals surface area (Å²) >= 11 is 8.48. The summed E-state index contributed by atoms with van der Waals surface area (Å²) in [5, 5.41) is 2.74. The maximum Gasteiger partial charge on any atom is 0.407 e. The Morgan fingerprint density at radius 3 is 2.48 bits per heavy atom. The summed E-state index contributed by atoms with van der Waals surface area (Å²) in [4.78, 5) is 43.4. The quantitative estimate of drug-likeness (QED) is 0.337. The minimum absolute atomic E-state index is 0.109. The van der Waals surface area contributed by atoms with Crippen LogP contribution in [0.4, 0.5) is 4.79 Å². The number of nitrogens with zero attached hydrogens (tertiary/aromatic N) is 2. The van der Waals surface area contributed by atoms with Crippen molar-refractivity contribution < 1.29 is 27.5 Å². The smallest absolute Gasteiger partial charge is 0.407 e. The molecule has 2 fully saturated rings. The van der Waals surface area contributed by atoms with Crippen LogP contribution in [0.15, 0.2) is 58.8 Å². The van der Waals surface area contributed by atoms with Crippen molar-refractivity contribution in [3.05, 3.63) is 64.5 Å². The molecular formula is C28H31ClN4O6S3. The van der Waals surface area contributed by atoms with Crippen LogP contribution in [0.3, 0.4) is 0 Å². The number of ether oxygens (including phenoxy) is 1. The van der Waals surface area contributed by atoms with Gasteiger partial charge in [0, 0.05) is 35.4 Å². The number of sulfonamides is 1. The first-order valence-electron chi connectivity index (χ1n) is 13.6. The van der Waals surface area contributed by atoms with Gasteiger partial charge >= 0.3 is 6.09 Å². The molecule has 1 aromatic carbocycles. The first-order valence-corrected chi connectivity index (χ1v) is 17.1. The molecule has 42 heavy (non-hydrogen) atoms. The standard InChI is InChI=1S/C28H31ClN4O6S3/c29-24-12-10-22(40-24)23-11-13-26(41-23)42(37,38)31-21-9-5-14-32(27(21)35)17-25(34)33-15-4-8-20(33)16-30-28(36)39-18-19-6-2-1-3-7-19/h1-3,6-7,10-13,20-21,31H,4-5,8-9,14-18H2,(H,30,36)/t20-,21-/m0/s1. The SMILES string of the molecule is O=C(NC[C@@H]1CCCN1C(=O)CN1CCC[C@H](NS(=O)(=O)c2ccc(-c3ccc(Cl)s3)s2)C1=O)OCc1ccccc1. The Bertz CT molecular complexity index is 1530. The second kappa shape index (κ2) is 13.6. The Hall–Kier alpha value is -2.97. The fourth-order valence-electron chi connectivity index (χ4n) is 5.10. The second-order valence-electron chi connectivity index (χ2n) is 10.1. The highest BCUT2D eigenvalue weighted by atomic mass is 35.5. The van der Waals surface area contributed by atoms with Crippen LogP contribution in [0, 0.1) is 0 Å². The van der Waals surface area contributed by atoms with Crippen molar-refractivity contribution >= 4 is 62.2 Å². The van der Waals surface area contributed by atoms with E-state index in [-0.39, 0.29) is 35.9 Å². The van der Waals surface area contributed by atoms with Crippen molar-refractivity contribution in [1.82, 2.24) is 19.8 Å². The Labute approximate surface area is 257 Å². The zero-order valence-corrected chi connectivity index (χ0v) is 25.9. The van der Waals surface area contributed by atoms with Gasteiger partial charge in [0.15, 0.2) is 0 Å². The van der Waals surface area contributed by atoms with E-state index < -0.39 is 28.1 Å². The number of hydrogen-bond acceptors (Lipinski definition) is 8. The molecule has 14 heteroatoms. The van der Waals surface area contributed by atoms with E-state index in [0.717, 1.165) is 39.5 Å². The van der Waals surface area contributed by atoms with Crippen molar-refractivity contribution in [3.8, 4) is 9.75 Å². The normalized spacial score (nSPS) is 19.2. The Balaban J connectivity index is 1.13. The summed E-state index contributed by atoms with van der Waals surface area (Å²) in [5.41, 5.74) is 0.876. The van der Waals surface area contributed by atoms with Gasteiger partial charge in [0.2, 0.25) is 11.8 Å². The largest absolute Gasteiger partial charge is 0.445 e. The summed E-state index contributed by atoms with van der Waals surface area (Å²) in [5.74, 6) is -0.648. The maximum absolute atomic E-state index is 13.2. The van der Waals surface area contributed by atoms with Crippen LogP contribution in [-0.4, -0.2) is 74.4 Å². The maximum atomic E-state index is 13.2. The van der Waals surface area contributed by atoms with E-state index in [1.165, 1.54) is 22.3 Å². The first-order chi connectivity index (χ1) is 20.2. The predicted octanol–water partition coefficient (Wildman–Crippen LogP) is 4.32. The number of piperidine rings is 1. The lowest BCUT2D eigenvalue weighted by atomic mass is 10.1. The van der Waals surface area contributed by atoms with E-state index in [2.05, 4.69) is 10.0 Å². The van der Waals surface area contributed by atoms with Gasteiger partial charge in [0.1, 0.15) is 16.9 Å². The van der Waals surface area contributed by atoms with Gasteiger partial charge in [-0.05, 0) is 55.5 Å². The van der Waals surface area contributed by atoms with Crippen molar-refractivity contribution in [1.29, 1.82) is 0 Å². The van der Waals surface area contributed by atoms with Crippen molar-refractivity contribution in [3.63, 3.8) is 0 Å². The van der Waals surface area contributed by atoms with E-state index in [4.69, 9.17) is 16.3 Å². The molecule has 2 aromatic heterocycles. The summed E-state index contributed by atoms with van der Waals surface area (Å²) < 4.78 is 34.8. The molecular weight excluding hydrogens is 620 g/mol. The van der Waals surface area contributed by atoms with Gasteiger partial charge in [-0.3, -0.25) is 9.59 Å². The van der Waals surface area contributed by atoms with E-state index in [0.29, 0.717) is 30.3 Å². The van der Waals surface area contributed by atoms with Gasteiger partial charge < -0.3 is 19.9 Å². The van der Waals surface area contributed by atoms with Crippen LogP contribution in [-0.2, 0) is 31.0 Å². The van der Waals surface area contributed by atoms with Gasteiger partial charge in [-0.15, -0.1) is 22.7 Å². The van der Waals surface area contributed by atoms with Crippen molar-refractivity contribution in [2.75, 3.05) is 26.2 Å². The number of likely N-dealkylation sites (tertiary alicyclic amines) is 2. The lowest BCUT2D eigenvalue weighted by Crippen LogP contribution is -2.55. The molecule has 0 radical (unpaired) electrons. The Morgan fingerprint density at radius 2 is 1.71 bits per heavy atom. The molecule has 10 nitrogen and oxygen atoms in total. The third-order valence-electron chi connectivity index (χ3n) is 7.21. The third-order valence-corrected chi connectivity index (χ3v) is 11.7. The molecule has 0 spiro atoms. The minimum atomic E-state index is -3.94. The number of hydrogen-bond donors (Lipinski definition) is 2.